The number of carbonyl (C=O) groups excluding carboxylic acids is 1. The van der Waals surface area contributed by atoms with Crippen LogP contribution in [0, 0.1) is 0 Å². The first-order chi connectivity index (χ1) is 9.71. The average molecular weight is 278 g/mol. The monoisotopic (exact) mass is 278 g/mol. The number of hydrogen-bond acceptors (Lipinski definition) is 5. The van der Waals surface area contributed by atoms with Gasteiger partial charge in [-0.2, -0.15) is 4.98 Å². The molecule has 2 rings (SSSR count). The minimum absolute atomic E-state index is 0.328. The van der Waals surface area contributed by atoms with Crippen LogP contribution in [0.15, 0.2) is 12.1 Å². The van der Waals surface area contributed by atoms with E-state index in [1.165, 1.54) is 33.5 Å². The second kappa shape index (κ2) is 6.59. The Bertz CT molecular complexity index is 476. The Balaban J connectivity index is 2.30. The third kappa shape index (κ3) is 2.86. The van der Waals surface area contributed by atoms with Crippen molar-refractivity contribution >= 4 is 11.8 Å². The number of carbonyl (C=O) groups is 1. The molecule has 0 aromatic carbocycles. The molecule has 5 nitrogen and oxygen atoms in total. The fraction of sp³-hybridized carbons (Fsp3) is 0.600. The van der Waals surface area contributed by atoms with E-state index in [-0.39, 0.29) is 0 Å². The normalized spacial score (nSPS) is 18.8. The van der Waals surface area contributed by atoms with Crippen molar-refractivity contribution in [3.63, 3.8) is 0 Å². The van der Waals surface area contributed by atoms with Crippen molar-refractivity contribution in [1.29, 1.82) is 0 Å². The highest BCUT2D eigenvalue weighted by Gasteiger charge is 2.24. The van der Waals surface area contributed by atoms with Crippen LogP contribution in [-0.2, 0) is 4.74 Å². The van der Waals surface area contributed by atoms with Crippen molar-refractivity contribution in [3.8, 4) is 5.88 Å². The first-order valence-electron chi connectivity index (χ1n) is 7.11. The van der Waals surface area contributed by atoms with Gasteiger partial charge in [-0.25, -0.2) is 4.79 Å². The summed E-state index contributed by atoms with van der Waals surface area (Å²) in [5, 5.41) is 0. The number of methoxy groups -OCH3 is 2. The lowest BCUT2D eigenvalue weighted by Gasteiger charge is -2.36. The summed E-state index contributed by atoms with van der Waals surface area (Å²) in [5.41, 5.74) is 0.365. The third-order valence-corrected chi connectivity index (χ3v) is 3.84. The zero-order valence-corrected chi connectivity index (χ0v) is 12.4. The third-order valence-electron chi connectivity index (χ3n) is 3.84. The summed E-state index contributed by atoms with van der Waals surface area (Å²) in [5.74, 6) is 0.780. The van der Waals surface area contributed by atoms with Gasteiger partial charge in [0, 0.05) is 12.6 Å². The molecule has 0 spiro atoms. The van der Waals surface area contributed by atoms with Gasteiger partial charge in [0.15, 0.2) is 0 Å². The van der Waals surface area contributed by atoms with E-state index in [0.717, 1.165) is 18.8 Å². The Morgan fingerprint density at radius 2 is 2.20 bits per heavy atom. The summed E-state index contributed by atoms with van der Waals surface area (Å²) >= 11 is 0. The Hall–Kier alpha value is -1.78. The smallest absolute Gasteiger partial charge is 0.343 e. The SMILES string of the molecule is CCC1CCCCN1c1ccc(C(=O)OC)c(OC)n1. The van der Waals surface area contributed by atoms with Gasteiger partial charge in [-0.05, 0) is 37.8 Å². The molecule has 1 fully saturated rings. The Kier molecular flexibility index (Phi) is 4.82. The van der Waals surface area contributed by atoms with E-state index in [0.29, 0.717) is 17.5 Å². The molecule has 5 heteroatoms. The fourth-order valence-corrected chi connectivity index (χ4v) is 2.74. The van der Waals surface area contributed by atoms with Crippen LogP contribution in [0.5, 0.6) is 5.88 Å². The van der Waals surface area contributed by atoms with E-state index in [9.17, 15) is 4.79 Å². The molecule has 110 valence electrons. The molecule has 0 amide bonds. The van der Waals surface area contributed by atoms with E-state index >= 15 is 0 Å². The van der Waals surface area contributed by atoms with E-state index < -0.39 is 5.97 Å². The number of hydrogen-bond donors (Lipinski definition) is 0. The summed E-state index contributed by atoms with van der Waals surface area (Å²) in [4.78, 5) is 18.4. The number of ether oxygens (including phenoxy) is 2. The molecule has 0 N–H and O–H groups in total. The number of nitrogens with zero attached hydrogens (tertiary/aromatic N) is 2. The maximum Gasteiger partial charge on any atom is 0.343 e. The predicted octanol–water partition coefficient (Wildman–Crippen LogP) is 2.65. The van der Waals surface area contributed by atoms with Gasteiger partial charge in [-0.3, -0.25) is 0 Å². The van der Waals surface area contributed by atoms with Crippen molar-refractivity contribution in [3.05, 3.63) is 17.7 Å². The van der Waals surface area contributed by atoms with E-state index in [1.807, 2.05) is 6.07 Å². The van der Waals surface area contributed by atoms with Gasteiger partial charge in [0.05, 0.1) is 14.2 Å². The standard InChI is InChI=1S/C15H22N2O3/c1-4-11-7-5-6-10-17(11)13-9-8-12(15(18)20-3)14(16-13)19-2/h8-9,11H,4-7,10H2,1-3H3. The fourth-order valence-electron chi connectivity index (χ4n) is 2.74. The maximum atomic E-state index is 11.6. The number of rotatable bonds is 4. The van der Waals surface area contributed by atoms with Crippen molar-refractivity contribution in [2.45, 2.75) is 38.6 Å². The van der Waals surface area contributed by atoms with Crippen LogP contribution in [0.25, 0.3) is 0 Å². The van der Waals surface area contributed by atoms with Crippen molar-refractivity contribution in [2.24, 2.45) is 0 Å². The predicted molar refractivity (Wildman–Crippen MR) is 77.4 cm³/mol. The van der Waals surface area contributed by atoms with Crippen LogP contribution in [-0.4, -0.2) is 37.8 Å². The highest BCUT2D eigenvalue weighted by atomic mass is 16.5. The summed E-state index contributed by atoms with van der Waals surface area (Å²) in [6.07, 6.45) is 4.74. The number of anilines is 1. The maximum absolute atomic E-state index is 11.6. The molecule has 1 aromatic heterocycles. The van der Waals surface area contributed by atoms with Gasteiger partial charge in [-0.15, -0.1) is 0 Å². The second-order valence-electron chi connectivity index (χ2n) is 4.97. The first kappa shape index (κ1) is 14.6. The molecule has 0 aliphatic carbocycles. The Morgan fingerprint density at radius 1 is 1.40 bits per heavy atom. The molecular formula is C15H22N2O3. The molecule has 20 heavy (non-hydrogen) atoms. The molecule has 1 atom stereocenters. The number of pyridine rings is 1. The van der Waals surface area contributed by atoms with Crippen LogP contribution in [0.1, 0.15) is 43.0 Å². The molecule has 0 bridgehead atoms. The molecule has 0 saturated carbocycles. The topological polar surface area (TPSA) is 51.7 Å². The molecule has 1 aromatic rings. The summed E-state index contributed by atoms with van der Waals surface area (Å²) < 4.78 is 9.96. The first-order valence-corrected chi connectivity index (χ1v) is 7.11. The zero-order valence-electron chi connectivity index (χ0n) is 12.4. The lowest BCUT2D eigenvalue weighted by molar-refractivity contribution is 0.0596. The lowest BCUT2D eigenvalue weighted by Crippen LogP contribution is -2.39. The number of esters is 1. The van der Waals surface area contributed by atoms with Crippen molar-refractivity contribution in [2.75, 3.05) is 25.7 Å². The zero-order chi connectivity index (χ0) is 14.5. The minimum atomic E-state index is -0.424. The van der Waals surface area contributed by atoms with Gasteiger partial charge in [0.25, 0.3) is 0 Å². The van der Waals surface area contributed by atoms with Gasteiger partial charge in [0.1, 0.15) is 11.4 Å². The van der Waals surface area contributed by atoms with Crippen LogP contribution < -0.4 is 9.64 Å². The quantitative estimate of drug-likeness (QED) is 0.792. The van der Waals surface area contributed by atoms with E-state index in [2.05, 4.69) is 16.8 Å². The Morgan fingerprint density at radius 3 is 2.85 bits per heavy atom. The van der Waals surface area contributed by atoms with E-state index in [1.54, 1.807) is 6.07 Å². The number of piperidine rings is 1. The van der Waals surface area contributed by atoms with Crippen LogP contribution in [0.4, 0.5) is 5.82 Å². The average Bonchev–Trinajstić information content (AvgIpc) is 2.53. The second-order valence-corrected chi connectivity index (χ2v) is 4.97. The van der Waals surface area contributed by atoms with Crippen LogP contribution in [0.3, 0.4) is 0 Å². The molecular weight excluding hydrogens is 256 g/mol. The summed E-state index contributed by atoms with van der Waals surface area (Å²) in [7, 11) is 2.87. The van der Waals surface area contributed by atoms with Gasteiger partial charge < -0.3 is 14.4 Å². The van der Waals surface area contributed by atoms with Crippen LogP contribution in [0.2, 0.25) is 0 Å². The molecule has 1 aliphatic heterocycles. The highest BCUT2D eigenvalue weighted by molar-refractivity contribution is 5.92. The molecule has 1 unspecified atom stereocenters. The van der Waals surface area contributed by atoms with Gasteiger partial charge in [0.2, 0.25) is 5.88 Å². The molecule has 1 aliphatic rings. The molecule has 0 radical (unpaired) electrons. The van der Waals surface area contributed by atoms with E-state index in [4.69, 9.17) is 9.47 Å². The highest BCUT2D eigenvalue weighted by Crippen LogP contribution is 2.28. The largest absolute Gasteiger partial charge is 0.480 e. The summed E-state index contributed by atoms with van der Waals surface area (Å²) in [6, 6.07) is 4.13. The van der Waals surface area contributed by atoms with Gasteiger partial charge in [-0.1, -0.05) is 6.92 Å². The lowest BCUT2D eigenvalue weighted by atomic mass is 10.00. The van der Waals surface area contributed by atoms with Crippen LogP contribution >= 0.6 is 0 Å². The van der Waals surface area contributed by atoms with Crippen molar-refractivity contribution in [1.82, 2.24) is 4.98 Å². The van der Waals surface area contributed by atoms with Crippen molar-refractivity contribution < 1.29 is 14.3 Å². The minimum Gasteiger partial charge on any atom is -0.480 e. The molecule has 2 heterocycles. The summed E-state index contributed by atoms with van der Waals surface area (Å²) in [6.45, 7) is 3.20. The number of aromatic nitrogens is 1. The molecule has 1 saturated heterocycles. The van der Waals surface area contributed by atoms with Gasteiger partial charge >= 0.3 is 5.97 Å². The Labute approximate surface area is 119 Å².